The van der Waals surface area contributed by atoms with E-state index in [1.54, 1.807) is 0 Å². The van der Waals surface area contributed by atoms with E-state index < -0.39 is 5.60 Å². The molecule has 6 heteroatoms. The van der Waals surface area contributed by atoms with Crippen molar-refractivity contribution >= 4 is 17.8 Å². The first-order valence-corrected chi connectivity index (χ1v) is 8.34. The van der Waals surface area contributed by atoms with Crippen LogP contribution >= 0.6 is 0 Å². The van der Waals surface area contributed by atoms with Crippen molar-refractivity contribution in [1.29, 1.82) is 0 Å². The van der Waals surface area contributed by atoms with Crippen LogP contribution in [0.15, 0.2) is 12.2 Å². The Kier molecular flexibility index (Phi) is 3.09. The first-order chi connectivity index (χ1) is 10.9. The molecule has 2 unspecified atom stereocenters. The first-order valence-electron chi connectivity index (χ1n) is 8.34. The number of nitrogens with zero attached hydrogens (tertiary/aromatic N) is 1. The van der Waals surface area contributed by atoms with Crippen molar-refractivity contribution in [2.75, 3.05) is 0 Å². The maximum absolute atomic E-state index is 12.5. The monoisotopic (exact) mass is 319 g/mol. The van der Waals surface area contributed by atoms with Crippen LogP contribution in [0, 0.1) is 5.92 Å². The summed E-state index contributed by atoms with van der Waals surface area (Å²) in [4.78, 5) is 37.9. The van der Waals surface area contributed by atoms with Crippen LogP contribution in [0.3, 0.4) is 0 Å². The highest BCUT2D eigenvalue weighted by molar-refractivity contribution is 5.90. The molecule has 4 fully saturated rings. The number of cyclic esters (lactones) is 1. The van der Waals surface area contributed by atoms with Crippen molar-refractivity contribution in [3.05, 3.63) is 12.2 Å². The average Bonchev–Trinajstić information content (AvgIpc) is 3.15. The molecular weight excluding hydrogens is 298 g/mol. The Labute approximate surface area is 134 Å². The topological polar surface area (TPSA) is 72.9 Å². The number of carbonyl (C=O) groups is 3. The van der Waals surface area contributed by atoms with Gasteiger partial charge in [-0.15, -0.1) is 0 Å². The van der Waals surface area contributed by atoms with Gasteiger partial charge in [0, 0.05) is 24.8 Å². The van der Waals surface area contributed by atoms with Gasteiger partial charge in [-0.1, -0.05) is 13.5 Å². The second kappa shape index (κ2) is 4.82. The molecule has 0 aromatic rings. The van der Waals surface area contributed by atoms with E-state index in [0.717, 1.165) is 12.8 Å². The van der Waals surface area contributed by atoms with Crippen LogP contribution in [0.2, 0.25) is 0 Å². The van der Waals surface area contributed by atoms with Gasteiger partial charge in [0.15, 0.2) is 0 Å². The van der Waals surface area contributed by atoms with Gasteiger partial charge in [-0.05, 0) is 19.3 Å². The molecule has 0 bridgehead atoms. The summed E-state index contributed by atoms with van der Waals surface area (Å²) < 4.78 is 11.2. The van der Waals surface area contributed by atoms with E-state index in [0.29, 0.717) is 31.3 Å². The van der Waals surface area contributed by atoms with Gasteiger partial charge in [0.2, 0.25) is 5.91 Å². The average molecular weight is 319 g/mol. The Hall–Kier alpha value is -1.85. The summed E-state index contributed by atoms with van der Waals surface area (Å²) in [5.74, 6) is -0.567. The van der Waals surface area contributed by atoms with Crippen LogP contribution < -0.4 is 0 Å². The van der Waals surface area contributed by atoms with Crippen molar-refractivity contribution in [3.63, 3.8) is 0 Å². The fourth-order valence-electron chi connectivity index (χ4n) is 4.80. The first kappa shape index (κ1) is 14.7. The summed E-state index contributed by atoms with van der Waals surface area (Å²) in [6, 6.07) is -0.210. The van der Waals surface area contributed by atoms with Gasteiger partial charge < -0.3 is 14.4 Å². The van der Waals surface area contributed by atoms with Gasteiger partial charge in [0.25, 0.3) is 0 Å². The highest BCUT2D eigenvalue weighted by Gasteiger charge is 2.60. The number of ether oxygens (including phenoxy) is 2. The highest BCUT2D eigenvalue weighted by atomic mass is 16.6. The minimum Gasteiger partial charge on any atom is -0.457 e. The Morgan fingerprint density at radius 2 is 2.04 bits per heavy atom. The van der Waals surface area contributed by atoms with E-state index in [1.807, 2.05) is 11.8 Å². The summed E-state index contributed by atoms with van der Waals surface area (Å²) in [7, 11) is 0. The van der Waals surface area contributed by atoms with Crippen molar-refractivity contribution in [3.8, 4) is 0 Å². The van der Waals surface area contributed by atoms with E-state index >= 15 is 0 Å². The SMILES string of the molecule is C=C1C[C@@H]([C@@H]2CCC3N2C(=O)CCC32C[C@@H](C)C(=O)O2)OC1=O. The predicted octanol–water partition coefficient (Wildman–Crippen LogP) is 1.33. The molecule has 6 nitrogen and oxygen atoms in total. The molecule has 23 heavy (non-hydrogen) atoms. The van der Waals surface area contributed by atoms with Crippen LogP contribution in [0.25, 0.3) is 0 Å². The lowest BCUT2D eigenvalue weighted by atomic mass is 9.80. The zero-order valence-electron chi connectivity index (χ0n) is 13.2. The number of rotatable bonds is 1. The van der Waals surface area contributed by atoms with Gasteiger partial charge in [-0.2, -0.15) is 0 Å². The van der Waals surface area contributed by atoms with Gasteiger partial charge in [0.05, 0.1) is 18.0 Å². The molecule has 4 aliphatic rings. The lowest BCUT2D eigenvalue weighted by Gasteiger charge is -2.45. The predicted molar refractivity (Wildman–Crippen MR) is 79.1 cm³/mol. The van der Waals surface area contributed by atoms with Crippen LogP contribution in [-0.4, -0.2) is 46.5 Å². The third-order valence-corrected chi connectivity index (χ3v) is 5.87. The van der Waals surface area contributed by atoms with Crippen molar-refractivity contribution in [1.82, 2.24) is 4.90 Å². The summed E-state index contributed by atoms with van der Waals surface area (Å²) >= 11 is 0. The molecule has 1 amide bonds. The van der Waals surface area contributed by atoms with E-state index in [4.69, 9.17) is 9.47 Å². The minimum absolute atomic E-state index is 0.0762. The molecule has 5 atom stereocenters. The standard InChI is InChI=1S/C17H21NO5/c1-9-7-12(22-15(9)20)11-3-4-13-17(6-5-14(19)18(11)13)8-10(2)16(21)23-17/h10-13H,1,3-8H2,2H3/t10-,11+,12+,13?,17?/m1/s1. The van der Waals surface area contributed by atoms with Gasteiger partial charge in [0.1, 0.15) is 11.7 Å². The fraction of sp³-hybridized carbons (Fsp3) is 0.706. The molecule has 0 radical (unpaired) electrons. The third kappa shape index (κ3) is 2.03. The van der Waals surface area contributed by atoms with Crippen molar-refractivity contribution < 1.29 is 23.9 Å². The molecular formula is C17H21NO5. The van der Waals surface area contributed by atoms with E-state index in [2.05, 4.69) is 6.58 Å². The summed E-state index contributed by atoms with van der Waals surface area (Å²) in [6.07, 6.45) is 3.38. The van der Waals surface area contributed by atoms with Gasteiger partial charge in [-0.25, -0.2) is 4.79 Å². The normalized spacial score (nSPS) is 43.1. The molecule has 0 saturated carbocycles. The maximum atomic E-state index is 12.5. The number of amides is 1. The lowest BCUT2D eigenvalue weighted by Crippen LogP contribution is -2.59. The van der Waals surface area contributed by atoms with Crippen molar-refractivity contribution in [2.24, 2.45) is 5.92 Å². The molecule has 0 aliphatic carbocycles. The molecule has 4 saturated heterocycles. The summed E-state index contributed by atoms with van der Waals surface area (Å²) in [5.41, 5.74) is -0.0720. The highest BCUT2D eigenvalue weighted by Crippen LogP contribution is 2.49. The Morgan fingerprint density at radius 3 is 2.65 bits per heavy atom. The van der Waals surface area contributed by atoms with Crippen LogP contribution in [0.5, 0.6) is 0 Å². The second-order valence-corrected chi connectivity index (χ2v) is 7.30. The zero-order chi connectivity index (χ0) is 16.4. The Balaban J connectivity index is 1.61. The number of fused-ring (bicyclic) bond motifs is 2. The molecule has 0 N–H and O–H groups in total. The smallest absolute Gasteiger partial charge is 0.333 e. The zero-order valence-corrected chi connectivity index (χ0v) is 13.2. The largest absolute Gasteiger partial charge is 0.457 e. The Morgan fingerprint density at radius 1 is 1.26 bits per heavy atom. The minimum atomic E-state index is -0.543. The number of esters is 2. The van der Waals surface area contributed by atoms with E-state index in [9.17, 15) is 14.4 Å². The number of carbonyl (C=O) groups excluding carboxylic acids is 3. The fourth-order valence-corrected chi connectivity index (χ4v) is 4.80. The van der Waals surface area contributed by atoms with E-state index in [1.165, 1.54) is 0 Å². The molecule has 4 heterocycles. The van der Waals surface area contributed by atoms with Crippen LogP contribution in [0.4, 0.5) is 0 Å². The van der Waals surface area contributed by atoms with Gasteiger partial charge >= 0.3 is 11.9 Å². The molecule has 1 spiro atoms. The number of piperidine rings is 1. The number of hydrogen-bond acceptors (Lipinski definition) is 5. The summed E-state index contributed by atoms with van der Waals surface area (Å²) in [6.45, 7) is 5.61. The molecule has 0 aromatic carbocycles. The molecule has 4 aliphatic heterocycles. The van der Waals surface area contributed by atoms with E-state index in [-0.39, 0.29) is 42.0 Å². The molecule has 0 aromatic heterocycles. The Bertz CT molecular complexity index is 598. The quantitative estimate of drug-likeness (QED) is 0.538. The summed E-state index contributed by atoms with van der Waals surface area (Å²) in [5, 5.41) is 0. The molecule has 124 valence electrons. The number of hydrogen-bond donors (Lipinski definition) is 0. The van der Waals surface area contributed by atoms with Crippen molar-refractivity contribution in [2.45, 2.75) is 69.2 Å². The van der Waals surface area contributed by atoms with Gasteiger partial charge in [-0.3, -0.25) is 9.59 Å². The molecule has 4 rings (SSSR count). The maximum Gasteiger partial charge on any atom is 0.333 e. The lowest BCUT2D eigenvalue weighted by molar-refractivity contribution is -0.170. The second-order valence-electron chi connectivity index (χ2n) is 7.30. The third-order valence-electron chi connectivity index (χ3n) is 5.87. The van der Waals surface area contributed by atoms with Crippen LogP contribution in [-0.2, 0) is 23.9 Å². The van der Waals surface area contributed by atoms with Crippen LogP contribution in [0.1, 0.15) is 45.4 Å².